The van der Waals surface area contributed by atoms with Crippen molar-refractivity contribution in [2.24, 2.45) is 5.92 Å². The summed E-state index contributed by atoms with van der Waals surface area (Å²) in [6.07, 6.45) is -0.907. The first-order valence-corrected chi connectivity index (χ1v) is 8.92. The maximum Gasteiger partial charge on any atom is 0.338 e. The summed E-state index contributed by atoms with van der Waals surface area (Å²) >= 11 is 0. The van der Waals surface area contributed by atoms with Gasteiger partial charge in [0, 0.05) is 17.2 Å². The lowest BCUT2D eigenvalue weighted by Crippen LogP contribution is -2.24. The first-order chi connectivity index (χ1) is 12.7. The summed E-state index contributed by atoms with van der Waals surface area (Å²) in [5, 5.41) is 2.76. The molecule has 1 atom stereocenters. The van der Waals surface area contributed by atoms with Crippen molar-refractivity contribution in [2.75, 3.05) is 5.32 Å². The fourth-order valence-electron chi connectivity index (χ4n) is 2.39. The third kappa shape index (κ3) is 5.26. The Morgan fingerprint density at radius 3 is 2.00 bits per heavy atom. The largest absolute Gasteiger partial charge is 0.451 e. The summed E-state index contributed by atoms with van der Waals surface area (Å²) in [7, 11) is 0. The Morgan fingerprint density at radius 1 is 0.852 bits per heavy atom. The van der Waals surface area contributed by atoms with Crippen LogP contribution in [0.25, 0.3) is 0 Å². The molecule has 2 rings (SSSR count). The van der Waals surface area contributed by atoms with E-state index in [1.165, 1.54) is 0 Å². The van der Waals surface area contributed by atoms with Crippen molar-refractivity contribution < 1.29 is 19.1 Å². The topological polar surface area (TPSA) is 72.5 Å². The van der Waals surface area contributed by atoms with Crippen molar-refractivity contribution in [1.29, 1.82) is 0 Å². The van der Waals surface area contributed by atoms with E-state index in [9.17, 15) is 14.4 Å². The molecule has 0 radical (unpaired) electrons. The summed E-state index contributed by atoms with van der Waals surface area (Å²) in [5.41, 5.74) is 3.52. The Kier molecular flexibility index (Phi) is 6.50. The highest BCUT2D eigenvalue weighted by molar-refractivity contribution is 6.02. The molecule has 0 aromatic heterocycles. The Hall–Kier alpha value is -2.95. The van der Waals surface area contributed by atoms with Gasteiger partial charge >= 0.3 is 5.97 Å². The number of rotatable bonds is 6. The maximum absolute atomic E-state index is 12.5. The minimum Gasteiger partial charge on any atom is -0.451 e. The number of hydrogen-bond acceptors (Lipinski definition) is 4. The number of aryl methyl sites for hydroxylation is 2. The zero-order valence-electron chi connectivity index (χ0n) is 16.3. The van der Waals surface area contributed by atoms with Gasteiger partial charge in [-0.2, -0.15) is 0 Å². The lowest BCUT2D eigenvalue weighted by molar-refractivity contribution is -0.118. The zero-order valence-corrected chi connectivity index (χ0v) is 16.3. The van der Waals surface area contributed by atoms with Crippen molar-refractivity contribution in [3.63, 3.8) is 0 Å². The van der Waals surface area contributed by atoms with Gasteiger partial charge in [-0.15, -0.1) is 0 Å². The Balaban J connectivity index is 2.02. The van der Waals surface area contributed by atoms with Gasteiger partial charge in [0.15, 0.2) is 6.10 Å². The van der Waals surface area contributed by atoms with Gasteiger partial charge in [0.05, 0.1) is 5.56 Å². The van der Waals surface area contributed by atoms with E-state index in [0.717, 1.165) is 11.1 Å². The van der Waals surface area contributed by atoms with E-state index >= 15 is 0 Å². The molecular formula is C22H25NO4. The third-order valence-corrected chi connectivity index (χ3v) is 4.36. The van der Waals surface area contributed by atoms with E-state index in [1.807, 2.05) is 19.9 Å². The molecule has 2 aromatic carbocycles. The van der Waals surface area contributed by atoms with Crippen LogP contribution in [0.5, 0.6) is 0 Å². The van der Waals surface area contributed by atoms with E-state index in [1.54, 1.807) is 57.2 Å². The van der Waals surface area contributed by atoms with Gasteiger partial charge in [-0.25, -0.2) is 4.79 Å². The van der Waals surface area contributed by atoms with Crippen molar-refractivity contribution in [3.8, 4) is 0 Å². The molecule has 0 spiro atoms. The summed E-state index contributed by atoms with van der Waals surface area (Å²) in [5.74, 6) is -1.05. The molecule has 1 N–H and O–H groups in total. The molecule has 0 fully saturated rings. The van der Waals surface area contributed by atoms with Gasteiger partial charge in [-0.3, -0.25) is 9.59 Å². The van der Waals surface area contributed by atoms with Crippen LogP contribution in [0.4, 0.5) is 5.69 Å². The average molecular weight is 367 g/mol. The van der Waals surface area contributed by atoms with Crippen LogP contribution < -0.4 is 5.32 Å². The highest BCUT2D eigenvalue weighted by atomic mass is 16.5. The second-order valence-electron chi connectivity index (χ2n) is 6.93. The number of benzene rings is 2. The normalized spacial score (nSPS) is 11.8. The minimum absolute atomic E-state index is 0.0928. The molecule has 142 valence electrons. The number of anilines is 1. The summed E-state index contributed by atoms with van der Waals surface area (Å²) < 4.78 is 5.32. The van der Waals surface area contributed by atoms with Crippen molar-refractivity contribution >= 4 is 23.3 Å². The molecule has 27 heavy (non-hydrogen) atoms. The van der Waals surface area contributed by atoms with Crippen LogP contribution in [0.15, 0.2) is 42.5 Å². The molecule has 0 aliphatic rings. The SMILES string of the molecule is Cc1ccc(C(=O)OC(C)C(=O)c2ccc(NC(=O)C(C)C)cc2)cc1C. The average Bonchev–Trinajstić information content (AvgIpc) is 2.63. The van der Waals surface area contributed by atoms with E-state index in [-0.39, 0.29) is 17.6 Å². The van der Waals surface area contributed by atoms with Crippen LogP contribution in [0, 0.1) is 19.8 Å². The molecule has 0 aliphatic heterocycles. The number of carbonyl (C=O) groups excluding carboxylic acids is 3. The number of Topliss-reactive ketones (excluding diaryl/α,β-unsaturated/α-hetero) is 1. The Morgan fingerprint density at radius 2 is 1.44 bits per heavy atom. The molecule has 5 heteroatoms. The van der Waals surface area contributed by atoms with Gasteiger partial charge in [0.25, 0.3) is 0 Å². The predicted molar refractivity (Wildman–Crippen MR) is 105 cm³/mol. The third-order valence-electron chi connectivity index (χ3n) is 4.36. The second kappa shape index (κ2) is 8.62. The Bertz CT molecular complexity index is 853. The quantitative estimate of drug-likeness (QED) is 0.609. The fraction of sp³-hybridized carbons (Fsp3) is 0.318. The van der Waals surface area contributed by atoms with Crippen molar-refractivity contribution in [3.05, 3.63) is 64.7 Å². The number of ketones is 1. The van der Waals surface area contributed by atoms with E-state index < -0.39 is 12.1 Å². The molecule has 2 aromatic rings. The predicted octanol–water partition coefficient (Wildman–Crippen LogP) is 4.33. The molecule has 1 amide bonds. The number of esters is 1. The van der Waals surface area contributed by atoms with Gasteiger partial charge in [-0.1, -0.05) is 19.9 Å². The van der Waals surface area contributed by atoms with Gasteiger partial charge < -0.3 is 10.1 Å². The smallest absolute Gasteiger partial charge is 0.338 e. The number of ether oxygens (including phenoxy) is 1. The number of amides is 1. The highest BCUT2D eigenvalue weighted by Crippen LogP contribution is 2.16. The molecule has 0 heterocycles. The Labute approximate surface area is 159 Å². The zero-order chi connectivity index (χ0) is 20.1. The molecule has 0 saturated heterocycles. The van der Waals surface area contributed by atoms with Crippen LogP contribution >= 0.6 is 0 Å². The molecule has 1 unspecified atom stereocenters. The standard InChI is InChI=1S/C22H25NO4/c1-13(2)21(25)23-19-10-8-17(9-11-19)20(24)16(5)27-22(26)18-7-6-14(3)15(4)12-18/h6-13,16H,1-5H3,(H,23,25). The summed E-state index contributed by atoms with van der Waals surface area (Å²) in [6.45, 7) is 9.04. The lowest BCUT2D eigenvalue weighted by atomic mass is 10.1. The van der Waals surface area contributed by atoms with Gasteiger partial charge in [-0.05, 0) is 68.3 Å². The second-order valence-corrected chi connectivity index (χ2v) is 6.93. The van der Waals surface area contributed by atoms with E-state index in [0.29, 0.717) is 16.8 Å². The number of hydrogen-bond donors (Lipinski definition) is 1. The van der Waals surface area contributed by atoms with Crippen molar-refractivity contribution in [2.45, 2.75) is 40.7 Å². The molecule has 0 bridgehead atoms. The van der Waals surface area contributed by atoms with Crippen LogP contribution in [0.2, 0.25) is 0 Å². The molecule has 0 saturated carbocycles. The van der Waals surface area contributed by atoms with Crippen LogP contribution in [0.1, 0.15) is 52.6 Å². The number of nitrogens with one attached hydrogen (secondary N) is 1. The minimum atomic E-state index is -0.907. The molecule has 0 aliphatic carbocycles. The molecule has 5 nitrogen and oxygen atoms in total. The maximum atomic E-state index is 12.5. The van der Waals surface area contributed by atoms with Crippen molar-refractivity contribution in [1.82, 2.24) is 0 Å². The van der Waals surface area contributed by atoms with Crippen LogP contribution in [-0.4, -0.2) is 23.8 Å². The van der Waals surface area contributed by atoms with Crippen LogP contribution in [0.3, 0.4) is 0 Å². The first kappa shape index (κ1) is 20.4. The van der Waals surface area contributed by atoms with E-state index in [4.69, 9.17) is 4.74 Å². The molecular weight excluding hydrogens is 342 g/mol. The summed E-state index contributed by atoms with van der Waals surface area (Å²) in [6, 6.07) is 11.8. The van der Waals surface area contributed by atoms with E-state index in [2.05, 4.69) is 5.32 Å². The highest BCUT2D eigenvalue weighted by Gasteiger charge is 2.21. The first-order valence-electron chi connectivity index (χ1n) is 8.92. The van der Waals surface area contributed by atoms with Crippen LogP contribution in [-0.2, 0) is 9.53 Å². The van der Waals surface area contributed by atoms with Gasteiger partial charge in [0.2, 0.25) is 11.7 Å². The summed E-state index contributed by atoms with van der Waals surface area (Å²) in [4.78, 5) is 36.5. The number of carbonyl (C=O) groups is 3. The lowest BCUT2D eigenvalue weighted by Gasteiger charge is -2.14. The monoisotopic (exact) mass is 367 g/mol. The fourth-order valence-corrected chi connectivity index (χ4v) is 2.39. The van der Waals surface area contributed by atoms with Gasteiger partial charge in [0.1, 0.15) is 0 Å².